The van der Waals surface area contributed by atoms with Gasteiger partial charge in [0, 0.05) is 40.7 Å². The maximum absolute atomic E-state index is 13.2. The molecule has 0 aliphatic heterocycles. The van der Waals surface area contributed by atoms with Crippen LogP contribution in [0.3, 0.4) is 0 Å². The van der Waals surface area contributed by atoms with Crippen LogP contribution in [0.2, 0.25) is 0 Å². The Morgan fingerprint density at radius 2 is 1.39 bits per heavy atom. The van der Waals surface area contributed by atoms with Gasteiger partial charge in [-0.05, 0) is 53.0 Å². The van der Waals surface area contributed by atoms with Gasteiger partial charge >= 0.3 is 5.97 Å². The van der Waals surface area contributed by atoms with Crippen LogP contribution in [0.1, 0.15) is 80.6 Å². The summed E-state index contributed by atoms with van der Waals surface area (Å²) in [5.41, 5.74) is 4.92. The molecule has 7 nitrogen and oxygen atoms in total. The molecule has 0 unspecified atom stereocenters. The Morgan fingerprint density at radius 3 is 1.91 bits per heavy atom. The van der Waals surface area contributed by atoms with Crippen molar-refractivity contribution in [3.05, 3.63) is 93.9 Å². The molecule has 0 saturated heterocycles. The quantitative estimate of drug-likeness (QED) is 0.180. The second-order valence-corrected chi connectivity index (χ2v) is 14.4. The number of hydrogen-bond donors (Lipinski definition) is 2. The van der Waals surface area contributed by atoms with E-state index in [9.17, 15) is 19.5 Å². The van der Waals surface area contributed by atoms with Gasteiger partial charge in [-0.1, -0.05) is 90.1 Å². The summed E-state index contributed by atoms with van der Waals surface area (Å²) < 4.78 is 0. The Kier molecular flexibility index (Phi) is 9.84. The van der Waals surface area contributed by atoms with Gasteiger partial charge in [0.25, 0.3) is 0 Å². The SMILES string of the molecule is C[C@H](NC(=O)[C@@H](CC(=O)c1ccc(C(C)(C)C)s1)Cc1ccc(-c2ncc(-c3ccc(C(C)(C)C)cc3)cn2)cc1)C(=O)O. The molecule has 0 aliphatic rings. The summed E-state index contributed by atoms with van der Waals surface area (Å²) in [4.78, 5) is 48.6. The highest BCUT2D eigenvalue weighted by Crippen LogP contribution is 2.31. The molecule has 0 radical (unpaired) electrons. The number of aromatic nitrogens is 2. The van der Waals surface area contributed by atoms with E-state index >= 15 is 0 Å². The standard InChI is InChI=1S/C36H41N3O4S/c1-22(34(42)43)39-33(41)26(19-29(40)30-16-17-31(44-30)36(5,6)7)18-23-8-10-25(11-9-23)32-37-20-27(21-38-32)24-12-14-28(15-13-24)35(2,3)4/h8-17,20-22,26H,18-19H2,1-7H3,(H,39,41)(H,42,43)/t22-,26+/m0/s1. The third kappa shape index (κ3) is 8.26. The average molecular weight is 612 g/mol. The van der Waals surface area contributed by atoms with Gasteiger partial charge < -0.3 is 10.4 Å². The van der Waals surface area contributed by atoms with Crippen LogP contribution in [-0.4, -0.2) is 38.8 Å². The zero-order valence-corrected chi connectivity index (χ0v) is 27.3. The molecule has 44 heavy (non-hydrogen) atoms. The largest absolute Gasteiger partial charge is 0.480 e. The molecule has 0 saturated carbocycles. The summed E-state index contributed by atoms with van der Waals surface area (Å²) in [6.07, 6.45) is 3.89. The number of hydrogen-bond acceptors (Lipinski definition) is 6. The zero-order valence-electron chi connectivity index (χ0n) is 26.5. The lowest BCUT2D eigenvalue weighted by molar-refractivity contribution is -0.141. The minimum atomic E-state index is -1.13. The fourth-order valence-electron chi connectivity index (χ4n) is 4.73. The number of nitrogens with one attached hydrogen (secondary N) is 1. The minimum Gasteiger partial charge on any atom is -0.480 e. The molecule has 1 amide bonds. The molecule has 4 aromatic rings. The highest BCUT2D eigenvalue weighted by Gasteiger charge is 2.27. The Labute approximate surface area is 263 Å². The van der Waals surface area contributed by atoms with Crippen molar-refractivity contribution in [2.75, 3.05) is 0 Å². The molecule has 4 rings (SSSR count). The summed E-state index contributed by atoms with van der Waals surface area (Å²) >= 11 is 1.44. The molecular formula is C36H41N3O4S. The third-order valence-corrected chi connectivity index (χ3v) is 9.13. The van der Waals surface area contributed by atoms with Crippen molar-refractivity contribution in [3.8, 4) is 22.5 Å². The lowest BCUT2D eigenvalue weighted by atomic mass is 9.86. The van der Waals surface area contributed by atoms with E-state index in [-0.39, 0.29) is 29.5 Å². The van der Waals surface area contributed by atoms with Crippen LogP contribution in [0.25, 0.3) is 22.5 Å². The molecule has 2 aromatic carbocycles. The summed E-state index contributed by atoms with van der Waals surface area (Å²) in [6.45, 7) is 14.2. The minimum absolute atomic E-state index is 0.0225. The molecule has 0 bridgehead atoms. The van der Waals surface area contributed by atoms with E-state index in [0.29, 0.717) is 10.7 Å². The molecule has 230 valence electrons. The van der Waals surface area contributed by atoms with E-state index in [0.717, 1.165) is 27.1 Å². The van der Waals surface area contributed by atoms with Crippen LogP contribution in [0.5, 0.6) is 0 Å². The lowest BCUT2D eigenvalue weighted by Crippen LogP contribution is -2.42. The number of amides is 1. The van der Waals surface area contributed by atoms with Crippen LogP contribution in [0.4, 0.5) is 0 Å². The van der Waals surface area contributed by atoms with E-state index in [2.05, 4.69) is 81.1 Å². The number of ketones is 1. The Hall–Kier alpha value is -4.17. The van der Waals surface area contributed by atoms with Crippen LogP contribution in [0, 0.1) is 5.92 Å². The number of carboxylic acids is 1. The summed E-state index contributed by atoms with van der Waals surface area (Å²) in [5.74, 6) is -1.87. The maximum Gasteiger partial charge on any atom is 0.325 e. The van der Waals surface area contributed by atoms with Crippen molar-refractivity contribution < 1.29 is 19.5 Å². The smallest absolute Gasteiger partial charge is 0.325 e. The monoisotopic (exact) mass is 611 g/mol. The van der Waals surface area contributed by atoms with Gasteiger partial charge in [-0.15, -0.1) is 11.3 Å². The van der Waals surface area contributed by atoms with Gasteiger partial charge in [0.05, 0.1) is 4.88 Å². The summed E-state index contributed by atoms with van der Waals surface area (Å²) in [6, 6.07) is 18.7. The summed E-state index contributed by atoms with van der Waals surface area (Å²) in [5, 5.41) is 11.9. The highest BCUT2D eigenvalue weighted by atomic mass is 32.1. The normalized spacial score (nSPS) is 13.2. The number of aliphatic carboxylic acids is 1. The van der Waals surface area contributed by atoms with Gasteiger partial charge in [-0.25, -0.2) is 9.97 Å². The van der Waals surface area contributed by atoms with Gasteiger partial charge in [0.2, 0.25) is 5.91 Å². The van der Waals surface area contributed by atoms with Crippen molar-refractivity contribution in [2.24, 2.45) is 5.92 Å². The molecule has 2 N–H and O–H groups in total. The first-order valence-electron chi connectivity index (χ1n) is 14.8. The predicted molar refractivity (Wildman–Crippen MR) is 176 cm³/mol. The van der Waals surface area contributed by atoms with Crippen molar-refractivity contribution in [2.45, 2.75) is 78.2 Å². The number of thiophene rings is 1. The van der Waals surface area contributed by atoms with Crippen LogP contribution >= 0.6 is 11.3 Å². The first-order valence-corrected chi connectivity index (χ1v) is 15.6. The number of carbonyl (C=O) groups excluding carboxylic acids is 2. The van der Waals surface area contributed by atoms with Gasteiger partial charge in [-0.3, -0.25) is 14.4 Å². The number of Topliss-reactive ketones (excluding diaryl/α,β-unsaturated/α-hetero) is 1. The average Bonchev–Trinajstić information content (AvgIpc) is 3.48. The Bertz CT molecular complexity index is 1610. The fourth-order valence-corrected chi connectivity index (χ4v) is 5.74. The molecule has 8 heteroatoms. The molecule has 0 fully saturated rings. The zero-order chi connectivity index (χ0) is 32.2. The predicted octanol–water partition coefficient (Wildman–Crippen LogP) is 7.49. The molecule has 2 heterocycles. The van der Waals surface area contributed by atoms with Crippen LogP contribution in [-0.2, 0) is 26.8 Å². The van der Waals surface area contributed by atoms with Gasteiger partial charge in [-0.2, -0.15) is 0 Å². The van der Waals surface area contributed by atoms with Crippen molar-refractivity contribution in [3.63, 3.8) is 0 Å². The highest BCUT2D eigenvalue weighted by molar-refractivity contribution is 7.14. The molecule has 2 aromatic heterocycles. The topological polar surface area (TPSA) is 109 Å². The van der Waals surface area contributed by atoms with E-state index in [1.54, 1.807) is 0 Å². The van der Waals surface area contributed by atoms with Gasteiger partial charge in [0.15, 0.2) is 11.6 Å². The number of carboxylic acid groups (broad SMARTS) is 1. The van der Waals surface area contributed by atoms with Gasteiger partial charge in [0.1, 0.15) is 6.04 Å². The number of rotatable bonds is 10. The van der Waals surface area contributed by atoms with Crippen molar-refractivity contribution >= 4 is 29.0 Å². The van der Waals surface area contributed by atoms with E-state index < -0.39 is 23.8 Å². The van der Waals surface area contributed by atoms with Crippen molar-refractivity contribution in [1.82, 2.24) is 15.3 Å². The van der Waals surface area contributed by atoms with E-state index in [4.69, 9.17) is 0 Å². The lowest BCUT2D eigenvalue weighted by Gasteiger charge is -2.19. The second-order valence-electron chi connectivity index (χ2n) is 13.3. The molecule has 2 atom stereocenters. The molecule has 0 aliphatic carbocycles. The first-order chi connectivity index (χ1) is 20.6. The third-order valence-electron chi connectivity index (χ3n) is 7.58. The first kappa shape index (κ1) is 32.7. The Balaban J connectivity index is 1.49. The summed E-state index contributed by atoms with van der Waals surface area (Å²) in [7, 11) is 0. The van der Waals surface area contributed by atoms with E-state index in [1.165, 1.54) is 23.8 Å². The number of nitrogens with zero attached hydrogens (tertiary/aromatic N) is 2. The maximum atomic E-state index is 13.2. The van der Waals surface area contributed by atoms with Crippen LogP contribution in [0.15, 0.2) is 73.1 Å². The van der Waals surface area contributed by atoms with Crippen molar-refractivity contribution in [1.29, 1.82) is 0 Å². The second kappa shape index (κ2) is 13.2. The molecule has 0 spiro atoms. The fraction of sp³-hybridized carbons (Fsp3) is 0.361. The van der Waals surface area contributed by atoms with E-state index in [1.807, 2.05) is 48.8 Å². The number of carbonyl (C=O) groups is 3. The number of benzene rings is 2. The molecular weight excluding hydrogens is 570 g/mol. The van der Waals surface area contributed by atoms with Crippen LogP contribution < -0.4 is 5.32 Å². The Morgan fingerprint density at radius 1 is 0.795 bits per heavy atom.